The smallest absolute Gasteiger partial charge is 0.255 e. The Kier molecular flexibility index (Phi) is 5.42. The third-order valence-electron chi connectivity index (χ3n) is 10.3. The van der Waals surface area contributed by atoms with Gasteiger partial charge in [0.1, 0.15) is 22.7 Å². The molecule has 2 amide bonds. The van der Waals surface area contributed by atoms with Gasteiger partial charge in [0, 0.05) is 60.0 Å². The molecule has 10 heteroatoms. The van der Waals surface area contributed by atoms with Gasteiger partial charge in [0.15, 0.2) is 0 Å². The molecule has 9 nitrogen and oxygen atoms in total. The lowest BCUT2D eigenvalue weighted by Crippen LogP contribution is -2.41. The average molecular weight is 590 g/mol. The van der Waals surface area contributed by atoms with Crippen molar-refractivity contribution in [3.8, 4) is 22.6 Å². The zero-order valence-corrected chi connectivity index (χ0v) is 24.4. The van der Waals surface area contributed by atoms with Gasteiger partial charge in [-0.25, -0.2) is 13.9 Å². The Bertz CT molecular complexity index is 2060. The lowest BCUT2D eigenvalue weighted by molar-refractivity contribution is 0.0699. The van der Waals surface area contributed by atoms with Crippen LogP contribution in [0.25, 0.3) is 39.2 Å². The lowest BCUT2D eigenvalue weighted by Gasteiger charge is -2.27. The van der Waals surface area contributed by atoms with Crippen LogP contribution in [0.15, 0.2) is 48.7 Å². The molecule has 222 valence electrons. The Morgan fingerprint density at radius 3 is 2.75 bits per heavy atom. The van der Waals surface area contributed by atoms with Crippen LogP contribution in [0.1, 0.15) is 57.5 Å². The number of fused-ring (bicyclic) bond motifs is 5. The number of halogens is 1. The third-order valence-corrected chi connectivity index (χ3v) is 10.3. The van der Waals surface area contributed by atoms with E-state index in [9.17, 15) is 9.59 Å². The van der Waals surface area contributed by atoms with Crippen molar-refractivity contribution in [3.63, 3.8) is 0 Å². The average Bonchev–Trinajstić information content (AvgIpc) is 3.24. The molecule has 1 saturated heterocycles. The summed E-state index contributed by atoms with van der Waals surface area (Å²) in [5.74, 6) is 0.195. The van der Waals surface area contributed by atoms with Gasteiger partial charge in [0.05, 0.1) is 17.0 Å². The molecule has 9 rings (SSSR count). The summed E-state index contributed by atoms with van der Waals surface area (Å²) in [6, 6.07) is 13.4. The quantitative estimate of drug-likeness (QED) is 0.309. The zero-order chi connectivity index (χ0) is 29.9. The van der Waals surface area contributed by atoms with Crippen LogP contribution in [-0.4, -0.2) is 54.5 Å². The molecule has 44 heavy (non-hydrogen) atoms. The molecule has 2 aliphatic carbocycles. The van der Waals surface area contributed by atoms with E-state index in [1.165, 1.54) is 10.6 Å². The van der Waals surface area contributed by atoms with Crippen LogP contribution in [0.3, 0.4) is 0 Å². The minimum atomic E-state index is -0.462. The van der Waals surface area contributed by atoms with Crippen LogP contribution in [0, 0.1) is 24.6 Å². The highest BCUT2D eigenvalue weighted by molar-refractivity contribution is 5.99. The first-order valence-electron chi connectivity index (χ1n) is 15.5. The highest BCUT2D eigenvalue weighted by Crippen LogP contribution is 2.39. The summed E-state index contributed by atoms with van der Waals surface area (Å²) in [6.45, 7) is 3.84. The number of aryl methyl sites for hydroxylation is 1. The third kappa shape index (κ3) is 3.79. The molecule has 5 aromatic rings. The van der Waals surface area contributed by atoms with Gasteiger partial charge in [0.2, 0.25) is 0 Å². The van der Waals surface area contributed by atoms with Gasteiger partial charge in [0.25, 0.3) is 11.8 Å². The molecular weight excluding hydrogens is 557 g/mol. The number of rotatable bonds is 5. The molecule has 0 spiro atoms. The molecule has 3 N–H and O–H groups in total. The van der Waals surface area contributed by atoms with E-state index in [4.69, 9.17) is 15.8 Å². The lowest BCUT2D eigenvalue weighted by atomic mass is 10.0. The Labute approximate surface area is 252 Å². The van der Waals surface area contributed by atoms with Crippen LogP contribution in [-0.2, 0) is 13.1 Å². The standard InChI is InChI=1S/C34H32FN7O2/c1-17-30(39-42-16-23(11-25(35)31(17)42)34(44)41-15-21-6-9-27(41)29(21)36)28-12-20-5-8-26(38-32(20)40(28)14-18-2-3-18)19-4-7-24-22(10-19)13-37-33(24)43/h4-5,7-8,10-12,16,18,21,27,29H,2-3,6,9,13-15,36H2,1H3,(H,37,43)/t21?,27?,29-/m1/s1. The van der Waals surface area contributed by atoms with Gasteiger partial charge in [-0.1, -0.05) is 6.07 Å². The number of carbonyl (C=O) groups is 2. The number of hydrogen-bond acceptors (Lipinski definition) is 5. The van der Waals surface area contributed by atoms with Crippen LogP contribution < -0.4 is 11.1 Å². The number of likely N-dealkylation sites (tertiary alicyclic amines) is 1. The number of hydrogen-bond donors (Lipinski definition) is 2. The molecule has 1 aromatic carbocycles. The van der Waals surface area contributed by atoms with E-state index in [0.717, 1.165) is 71.3 Å². The van der Waals surface area contributed by atoms with Gasteiger partial charge >= 0.3 is 0 Å². The molecular formula is C34H32FN7O2. The van der Waals surface area contributed by atoms with E-state index >= 15 is 4.39 Å². The van der Waals surface area contributed by atoms with Gasteiger partial charge < -0.3 is 20.5 Å². The molecule has 2 saturated carbocycles. The summed E-state index contributed by atoms with van der Waals surface area (Å²) in [5.41, 5.74) is 13.6. The summed E-state index contributed by atoms with van der Waals surface area (Å²) in [4.78, 5) is 32.5. The summed E-state index contributed by atoms with van der Waals surface area (Å²) in [5, 5.41) is 8.74. The molecule has 4 aliphatic rings. The molecule has 2 aliphatic heterocycles. The zero-order valence-electron chi connectivity index (χ0n) is 24.4. The van der Waals surface area contributed by atoms with E-state index in [1.807, 2.05) is 36.1 Å². The number of carbonyl (C=O) groups excluding carboxylic acids is 2. The normalized spacial score (nSPS) is 22.4. The number of piperidine rings is 1. The first-order valence-corrected chi connectivity index (χ1v) is 15.5. The second kappa shape index (κ2) is 9.22. The number of benzene rings is 1. The van der Waals surface area contributed by atoms with Crippen molar-refractivity contribution in [3.05, 3.63) is 76.7 Å². The fourth-order valence-corrected chi connectivity index (χ4v) is 7.70. The number of nitrogens with two attached hydrogens (primary N) is 1. The van der Waals surface area contributed by atoms with Crippen molar-refractivity contribution >= 4 is 28.4 Å². The van der Waals surface area contributed by atoms with Crippen molar-refractivity contribution in [2.24, 2.45) is 17.6 Å². The van der Waals surface area contributed by atoms with Crippen molar-refractivity contribution in [2.75, 3.05) is 6.54 Å². The minimum Gasteiger partial charge on any atom is -0.348 e. The van der Waals surface area contributed by atoms with Gasteiger partial charge in [-0.05, 0) is 86.4 Å². The topological polar surface area (TPSA) is 111 Å². The number of amides is 2. The van der Waals surface area contributed by atoms with Crippen LogP contribution in [0.2, 0.25) is 0 Å². The maximum absolute atomic E-state index is 15.7. The van der Waals surface area contributed by atoms with E-state index in [1.54, 1.807) is 6.20 Å². The van der Waals surface area contributed by atoms with Crippen molar-refractivity contribution in [1.82, 2.24) is 29.4 Å². The Morgan fingerprint density at radius 1 is 1.11 bits per heavy atom. The number of pyridine rings is 2. The maximum Gasteiger partial charge on any atom is 0.255 e. The number of nitrogens with one attached hydrogen (secondary N) is 1. The van der Waals surface area contributed by atoms with E-state index in [0.29, 0.717) is 47.3 Å². The molecule has 6 heterocycles. The highest BCUT2D eigenvalue weighted by atomic mass is 19.1. The predicted molar refractivity (Wildman–Crippen MR) is 163 cm³/mol. The Balaban J connectivity index is 1.13. The molecule has 2 unspecified atom stereocenters. The Morgan fingerprint density at radius 2 is 1.98 bits per heavy atom. The second-order valence-corrected chi connectivity index (χ2v) is 13.0. The summed E-state index contributed by atoms with van der Waals surface area (Å²) < 4.78 is 19.5. The SMILES string of the molecule is Cc1c(-c2cc3ccc(-c4ccc5c(c4)CNC5=O)nc3n2CC2CC2)nn2cc(C(=O)N3CC4CCC3[C@@H]4N)cc(F)c12. The monoisotopic (exact) mass is 589 g/mol. The summed E-state index contributed by atoms with van der Waals surface area (Å²) in [6.07, 6.45) is 5.93. The van der Waals surface area contributed by atoms with Crippen molar-refractivity contribution < 1.29 is 14.0 Å². The largest absolute Gasteiger partial charge is 0.348 e. The fourth-order valence-electron chi connectivity index (χ4n) is 7.70. The number of aromatic nitrogens is 4. The van der Waals surface area contributed by atoms with Crippen LogP contribution >= 0.6 is 0 Å². The first-order chi connectivity index (χ1) is 21.3. The van der Waals surface area contributed by atoms with Crippen LogP contribution in [0.4, 0.5) is 4.39 Å². The molecule has 0 radical (unpaired) electrons. The molecule has 4 aromatic heterocycles. The van der Waals surface area contributed by atoms with E-state index in [2.05, 4.69) is 22.0 Å². The predicted octanol–water partition coefficient (Wildman–Crippen LogP) is 4.68. The first kappa shape index (κ1) is 25.9. The van der Waals surface area contributed by atoms with Gasteiger partial charge in [-0.2, -0.15) is 5.10 Å². The van der Waals surface area contributed by atoms with E-state index in [-0.39, 0.29) is 23.9 Å². The van der Waals surface area contributed by atoms with Crippen molar-refractivity contribution in [1.29, 1.82) is 0 Å². The second-order valence-electron chi connectivity index (χ2n) is 13.0. The van der Waals surface area contributed by atoms with Gasteiger partial charge in [-0.3, -0.25) is 9.59 Å². The number of nitrogens with zero attached hydrogens (tertiary/aromatic N) is 5. The van der Waals surface area contributed by atoms with Crippen molar-refractivity contribution in [2.45, 2.75) is 57.8 Å². The van der Waals surface area contributed by atoms with E-state index < -0.39 is 5.82 Å². The highest BCUT2D eigenvalue weighted by Gasteiger charge is 2.47. The molecule has 3 atom stereocenters. The molecule has 2 bridgehead atoms. The minimum absolute atomic E-state index is 0.00232. The van der Waals surface area contributed by atoms with Crippen LogP contribution in [0.5, 0.6) is 0 Å². The Hall–Kier alpha value is -4.57. The van der Waals surface area contributed by atoms with Gasteiger partial charge in [-0.15, -0.1) is 0 Å². The maximum atomic E-state index is 15.7. The summed E-state index contributed by atoms with van der Waals surface area (Å²) in [7, 11) is 0. The molecule has 3 fully saturated rings. The summed E-state index contributed by atoms with van der Waals surface area (Å²) >= 11 is 0. The fraction of sp³-hybridized carbons (Fsp3) is 0.353.